The number of carbonyl (C=O) groups excluding carboxylic acids is 1. The molecule has 1 saturated heterocycles. The van der Waals surface area contributed by atoms with E-state index in [9.17, 15) is 4.79 Å². The summed E-state index contributed by atoms with van der Waals surface area (Å²) in [6.45, 7) is 4.17. The van der Waals surface area contributed by atoms with Gasteiger partial charge >= 0.3 is 0 Å². The van der Waals surface area contributed by atoms with Crippen molar-refractivity contribution in [2.75, 3.05) is 25.0 Å². The zero-order chi connectivity index (χ0) is 14.5. The minimum Gasteiger partial charge on any atom is -0.326 e. The molecule has 0 spiro atoms. The molecule has 3 rings (SSSR count). The zero-order valence-corrected chi connectivity index (χ0v) is 12.6. The third-order valence-corrected chi connectivity index (χ3v) is 4.18. The first kappa shape index (κ1) is 14.5. The summed E-state index contributed by atoms with van der Waals surface area (Å²) >= 11 is 0. The molecule has 4 heteroatoms. The zero-order valence-electron chi connectivity index (χ0n) is 12.6. The number of nitrogens with one attached hydrogen (secondary N) is 2. The van der Waals surface area contributed by atoms with Crippen LogP contribution >= 0.6 is 0 Å². The molecule has 2 N–H and O–H groups in total. The molecule has 0 radical (unpaired) electrons. The molecule has 4 nitrogen and oxygen atoms in total. The van der Waals surface area contributed by atoms with E-state index in [1.807, 2.05) is 12.1 Å². The van der Waals surface area contributed by atoms with E-state index in [4.69, 9.17) is 0 Å². The first-order valence-corrected chi connectivity index (χ1v) is 8.14. The summed E-state index contributed by atoms with van der Waals surface area (Å²) < 4.78 is 0. The first-order chi connectivity index (χ1) is 10.3. The van der Waals surface area contributed by atoms with E-state index in [-0.39, 0.29) is 5.91 Å². The van der Waals surface area contributed by atoms with E-state index in [0.29, 0.717) is 12.5 Å². The van der Waals surface area contributed by atoms with Crippen LogP contribution in [0.5, 0.6) is 0 Å². The van der Waals surface area contributed by atoms with Crippen LogP contribution in [0.25, 0.3) is 0 Å². The average molecular weight is 287 g/mol. The summed E-state index contributed by atoms with van der Waals surface area (Å²) in [5.74, 6) is 0.0986. The van der Waals surface area contributed by atoms with Gasteiger partial charge in [-0.15, -0.1) is 0 Å². The predicted molar refractivity (Wildman–Crippen MR) is 85.2 cm³/mol. The molecular formula is C17H25N3O. The fraction of sp³-hybridized carbons (Fsp3) is 0.588. The average Bonchev–Trinajstić information content (AvgIpc) is 3.14. The number of anilines is 1. The second-order valence-electron chi connectivity index (χ2n) is 6.21. The number of carbonyl (C=O) groups is 1. The molecule has 0 atom stereocenters. The Morgan fingerprint density at radius 1 is 1.24 bits per heavy atom. The highest BCUT2D eigenvalue weighted by atomic mass is 16.1. The maximum atomic E-state index is 11.9. The summed E-state index contributed by atoms with van der Waals surface area (Å²) in [7, 11) is 0. The van der Waals surface area contributed by atoms with Crippen LogP contribution in [0.1, 0.15) is 37.7 Å². The third kappa shape index (κ3) is 4.83. The highest BCUT2D eigenvalue weighted by molar-refractivity contribution is 5.90. The Kier molecular flexibility index (Phi) is 4.88. The second-order valence-corrected chi connectivity index (χ2v) is 6.21. The minimum atomic E-state index is 0.0986. The van der Waals surface area contributed by atoms with Crippen LogP contribution in [0, 0.1) is 0 Å². The molecule has 1 heterocycles. The lowest BCUT2D eigenvalue weighted by molar-refractivity contribution is -0.116. The maximum Gasteiger partial charge on any atom is 0.225 e. The molecule has 0 aromatic heterocycles. The van der Waals surface area contributed by atoms with E-state index in [1.54, 1.807) is 0 Å². The van der Waals surface area contributed by atoms with Crippen molar-refractivity contribution in [3.05, 3.63) is 29.8 Å². The van der Waals surface area contributed by atoms with Crippen LogP contribution in [0.4, 0.5) is 5.69 Å². The van der Waals surface area contributed by atoms with Crippen LogP contribution in [0.3, 0.4) is 0 Å². The lowest BCUT2D eigenvalue weighted by Crippen LogP contribution is -2.23. The second kappa shape index (κ2) is 7.05. The van der Waals surface area contributed by atoms with Crippen molar-refractivity contribution < 1.29 is 4.79 Å². The summed E-state index contributed by atoms with van der Waals surface area (Å²) in [5, 5.41) is 6.37. The standard InChI is InChI=1S/C17H25N3O/c21-17(8-9-18-15-6-7-15)19-16-5-3-4-14(12-16)13-20-10-1-2-11-20/h3-5,12,15,18H,1-2,6-11,13H2,(H,19,21). The van der Waals surface area contributed by atoms with Gasteiger partial charge in [-0.1, -0.05) is 12.1 Å². The van der Waals surface area contributed by atoms with Gasteiger partial charge in [0.2, 0.25) is 5.91 Å². The first-order valence-electron chi connectivity index (χ1n) is 8.14. The van der Waals surface area contributed by atoms with Crippen LogP contribution in [-0.4, -0.2) is 36.5 Å². The van der Waals surface area contributed by atoms with Crippen molar-refractivity contribution in [1.29, 1.82) is 0 Å². The Morgan fingerprint density at radius 3 is 2.81 bits per heavy atom. The van der Waals surface area contributed by atoms with Gasteiger partial charge in [-0.25, -0.2) is 0 Å². The van der Waals surface area contributed by atoms with Crippen molar-refractivity contribution in [3.8, 4) is 0 Å². The number of hydrogen-bond acceptors (Lipinski definition) is 3. The van der Waals surface area contributed by atoms with Gasteiger partial charge in [0, 0.05) is 31.2 Å². The Bertz CT molecular complexity index is 479. The van der Waals surface area contributed by atoms with Crippen molar-refractivity contribution in [1.82, 2.24) is 10.2 Å². The van der Waals surface area contributed by atoms with Crippen LogP contribution in [0.15, 0.2) is 24.3 Å². The summed E-state index contributed by atoms with van der Waals surface area (Å²) in [6, 6.07) is 8.91. The molecule has 2 aliphatic rings. The van der Waals surface area contributed by atoms with Crippen LogP contribution in [0.2, 0.25) is 0 Å². The number of hydrogen-bond donors (Lipinski definition) is 2. The van der Waals surface area contributed by atoms with Crippen molar-refractivity contribution >= 4 is 11.6 Å². The number of nitrogens with zero attached hydrogens (tertiary/aromatic N) is 1. The topological polar surface area (TPSA) is 44.4 Å². The van der Waals surface area contributed by atoms with E-state index in [0.717, 1.165) is 18.8 Å². The normalized spacial score (nSPS) is 18.9. The third-order valence-electron chi connectivity index (χ3n) is 4.18. The van der Waals surface area contributed by atoms with Gasteiger partial charge in [0.25, 0.3) is 0 Å². The number of rotatable bonds is 7. The predicted octanol–water partition coefficient (Wildman–Crippen LogP) is 2.36. The molecule has 21 heavy (non-hydrogen) atoms. The Hall–Kier alpha value is -1.39. The summed E-state index contributed by atoms with van der Waals surface area (Å²) in [4.78, 5) is 14.4. The van der Waals surface area contributed by atoms with E-state index in [1.165, 1.54) is 44.3 Å². The highest BCUT2D eigenvalue weighted by Gasteiger charge is 2.20. The Morgan fingerprint density at radius 2 is 2.05 bits per heavy atom. The highest BCUT2D eigenvalue weighted by Crippen LogP contribution is 2.18. The van der Waals surface area contributed by atoms with E-state index < -0.39 is 0 Å². The largest absolute Gasteiger partial charge is 0.326 e. The molecule has 0 unspecified atom stereocenters. The number of amides is 1. The Balaban J connectivity index is 1.46. The molecular weight excluding hydrogens is 262 g/mol. The van der Waals surface area contributed by atoms with Gasteiger partial charge < -0.3 is 10.6 Å². The molecule has 1 aliphatic heterocycles. The Labute approximate surface area is 126 Å². The summed E-state index contributed by atoms with van der Waals surface area (Å²) in [6.07, 6.45) is 5.70. The van der Waals surface area contributed by atoms with Gasteiger partial charge in [-0.2, -0.15) is 0 Å². The maximum absolute atomic E-state index is 11.9. The fourth-order valence-corrected chi connectivity index (χ4v) is 2.85. The molecule has 114 valence electrons. The van der Waals surface area contributed by atoms with Gasteiger partial charge in [0.05, 0.1) is 0 Å². The van der Waals surface area contributed by atoms with Crippen LogP contribution in [-0.2, 0) is 11.3 Å². The quantitative estimate of drug-likeness (QED) is 0.809. The van der Waals surface area contributed by atoms with Crippen molar-refractivity contribution in [3.63, 3.8) is 0 Å². The molecule has 1 amide bonds. The van der Waals surface area contributed by atoms with Gasteiger partial charge in [-0.3, -0.25) is 9.69 Å². The molecule has 1 aliphatic carbocycles. The minimum absolute atomic E-state index is 0.0986. The summed E-state index contributed by atoms with van der Waals surface area (Å²) in [5.41, 5.74) is 2.20. The van der Waals surface area contributed by atoms with Gasteiger partial charge in [0.15, 0.2) is 0 Å². The number of likely N-dealkylation sites (tertiary alicyclic amines) is 1. The molecule has 0 bridgehead atoms. The molecule has 1 aromatic rings. The molecule has 1 saturated carbocycles. The van der Waals surface area contributed by atoms with E-state index in [2.05, 4.69) is 27.7 Å². The molecule has 2 fully saturated rings. The lowest BCUT2D eigenvalue weighted by Gasteiger charge is -2.15. The van der Waals surface area contributed by atoms with Gasteiger partial charge in [0.1, 0.15) is 0 Å². The monoisotopic (exact) mass is 287 g/mol. The van der Waals surface area contributed by atoms with Crippen molar-refractivity contribution in [2.24, 2.45) is 0 Å². The van der Waals surface area contributed by atoms with E-state index >= 15 is 0 Å². The lowest BCUT2D eigenvalue weighted by atomic mass is 10.2. The SMILES string of the molecule is O=C(CCNC1CC1)Nc1cccc(CN2CCCC2)c1. The smallest absolute Gasteiger partial charge is 0.225 e. The van der Waals surface area contributed by atoms with Gasteiger partial charge in [-0.05, 0) is 56.5 Å². The van der Waals surface area contributed by atoms with Crippen LogP contribution < -0.4 is 10.6 Å². The fourth-order valence-electron chi connectivity index (χ4n) is 2.85. The molecule has 1 aromatic carbocycles. The van der Waals surface area contributed by atoms with Crippen molar-refractivity contribution in [2.45, 2.75) is 44.7 Å². The number of benzene rings is 1.